The molecule has 7 nitrogen and oxygen atoms in total. The molecule has 0 atom stereocenters. The van der Waals surface area contributed by atoms with E-state index in [0.29, 0.717) is 46.6 Å². The number of nitrogens with zero attached hydrogens (tertiary/aromatic N) is 2. The molecule has 0 aliphatic heterocycles. The van der Waals surface area contributed by atoms with Gasteiger partial charge in [0.15, 0.2) is 23.1 Å². The lowest BCUT2D eigenvalue weighted by molar-refractivity contribution is -0.130. The van der Waals surface area contributed by atoms with Crippen molar-refractivity contribution in [1.82, 2.24) is 14.9 Å². The third-order valence-corrected chi connectivity index (χ3v) is 6.56. The van der Waals surface area contributed by atoms with Crippen LogP contribution in [0.5, 0.6) is 23.0 Å². The average Bonchev–Trinajstić information content (AvgIpc) is 3.49. The van der Waals surface area contributed by atoms with Gasteiger partial charge in [-0.05, 0) is 50.1 Å². The van der Waals surface area contributed by atoms with Crippen molar-refractivity contribution < 1.29 is 23.4 Å². The number of ether oxygens (including phenoxy) is 3. The summed E-state index contributed by atoms with van der Waals surface area (Å²) >= 11 is 0. The van der Waals surface area contributed by atoms with Crippen LogP contribution in [-0.4, -0.2) is 48.6 Å². The van der Waals surface area contributed by atoms with Gasteiger partial charge in [-0.2, -0.15) is 0 Å². The lowest BCUT2D eigenvalue weighted by Crippen LogP contribution is -2.27. The number of H-pyrrole nitrogens is 1. The molecule has 1 saturated carbocycles. The quantitative estimate of drug-likeness (QED) is 0.357. The molecule has 1 aliphatic carbocycles. The zero-order chi connectivity index (χ0) is 24.7. The molecule has 2 aromatic carbocycles. The number of aryl methyl sites for hydroxylation is 1. The molecule has 0 spiro atoms. The van der Waals surface area contributed by atoms with Crippen LogP contribution in [0, 0.1) is 18.2 Å². The van der Waals surface area contributed by atoms with Crippen molar-refractivity contribution in [2.45, 2.75) is 26.2 Å². The number of halogens is 1. The fraction of sp³-hybridized carbons (Fsp3) is 0.333. The number of amides is 1. The summed E-state index contributed by atoms with van der Waals surface area (Å²) in [6, 6.07) is 10.4. The van der Waals surface area contributed by atoms with Crippen molar-refractivity contribution in [3.8, 4) is 23.0 Å². The lowest BCUT2D eigenvalue weighted by atomic mass is 10.0. The van der Waals surface area contributed by atoms with E-state index in [9.17, 15) is 4.79 Å². The number of benzene rings is 2. The lowest BCUT2D eigenvalue weighted by Gasteiger charge is -2.20. The summed E-state index contributed by atoms with van der Waals surface area (Å²) in [6.45, 7) is 2.30. The largest absolute Gasteiger partial charge is 0.493 e. The standard InChI is InChI=1S/C27H28FN3O4/c1-16-11-18-19(30-16)5-6-22(26(18)28)35-21-7-10-29-20-13-24(23(33-4)12-17(20)21)34-15-27(8-9-27)14-25(32)31(2)3/h5-7,10-13,30H,8-9,14-15H2,1-4H3. The van der Waals surface area contributed by atoms with Crippen LogP contribution in [0.3, 0.4) is 0 Å². The molecule has 2 heterocycles. The topological polar surface area (TPSA) is 76.7 Å². The Morgan fingerprint density at radius 2 is 1.89 bits per heavy atom. The van der Waals surface area contributed by atoms with Crippen LogP contribution in [0.15, 0.2) is 42.6 Å². The summed E-state index contributed by atoms with van der Waals surface area (Å²) in [5.41, 5.74) is 2.09. The Labute approximate surface area is 202 Å². The first-order valence-electron chi connectivity index (χ1n) is 11.5. The number of carbonyl (C=O) groups excluding carboxylic acids is 1. The highest BCUT2D eigenvalue weighted by Gasteiger charge is 2.45. The van der Waals surface area contributed by atoms with Crippen molar-refractivity contribution in [3.05, 3.63) is 54.1 Å². The summed E-state index contributed by atoms with van der Waals surface area (Å²) in [5.74, 6) is 1.32. The predicted molar refractivity (Wildman–Crippen MR) is 132 cm³/mol. The summed E-state index contributed by atoms with van der Waals surface area (Å²) in [4.78, 5) is 21.4. The fourth-order valence-corrected chi connectivity index (χ4v) is 4.23. The summed E-state index contributed by atoms with van der Waals surface area (Å²) < 4.78 is 32.8. The van der Waals surface area contributed by atoms with Crippen molar-refractivity contribution in [2.75, 3.05) is 27.8 Å². The minimum Gasteiger partial charge on any atom is -0.493 e. The fourth-order valence-electron chi connectivity index (χ4n) is 4.23. The van der Waals surface area contributed by atoms with E-state index >= 15 is 4.39 Å². The van der Waals surface area contributed by atoms with Crippen molar-refractivity contribution in [2.24, 2.45) is 5.41 Å². The van der Waals surface area contributed by atoms with E-state index in [1.54, 1.807) is 68.7 Å². The molecule has 1 N–H and O–H groups in total. The van der Waals surface area contributed by atoms with E-state index in [0.717, 1.165) is 24.1 Å². The summed E-state index contributed by atoms with van der Waals surface area (Å²) in [5, 5.41) is 1.15. The minimum atomic E-state index is -0.425. The number of hydrogen-bond acceptors (Lipinski definition) is 5. The number of fused-ring (bicyclic) bond motifs is 2. The van der Waals surface area contributed by atoms with Gasteiger partial charge >= 0.3 is 0 Å². The van der Waals surface area contributed by atoms with Gasteiger partial charge in [0.05, 0.1) is 19.2 Å². The Morgan fingerprint density at radius 1 is 1.09 bits per heavy atom. The van der Waals surface area contributed by atoms with Gasteiger partial charge in [0.1, 0.15) is 5.75 Å². The molecule has 1 aliphatic rings. The van der Waals surface area contributed by atoms with Crippen molar-refractivity contribution in [1.29, 1.82) is 0 Å². The molecule has 4 aromatic rings. The Bertz CT molecular complexity index is 1430. The van der Waals surface area contributed by atoms with Crippen LogP contribution in [-0.2, 0) is 4.79 Å². The Balaban J connectivity index is 1.42. The van der Waals surface area contributed by atoms with Crippen LogP contribution in [0.1, 0.15) is 25.0 Å². The average molecular weight is 478 g/mol. The predicted octanol–water partition coefficient (Wildman–Crippen LogP) is 5.60. The molecule has 5 rings (SSSR count). The number of aromatic amines is 1. The maximum Gasteiger partial charge on any atom is 0.222 e. The van der Waals surface area contributed by atoms with Crippen LogP contribution < -0.4 is 14.2 Å². The SMILES string of the molecule is COc1cc2c(Oc3ccc4[nH]c(C)cc4c3F)ccnc2cc1OCC1(CC(=O)N(C)C)CC1. The maximum absolute atomic E-state index is 15.1. The third-order valence-electron chi connectivity index (χ3n) is 6.56. The Kier molecular flexibility index (Phi) is 5.75. The smallest absolute Gasteiger partial charge is 0.222 e. The van der Waals surface area contributed by atoms with Gasteiger partial charge in [-0.25, -0.2) is 4.39 Å². The third kappa shape index (κ3) is 4.48. The molecule has 0 radical (unpaired) electrons. The van der Waals surface area contributed by atoms with E-state index in [2.05, 4.69) is 9.97 Å². The second kappa shape index (κ2) is 8.76. The van der Waals surface area contributed by atoms with E-state index in [1.807, 2.05) is 6.92 Å². The van der Waals surface area contributed by atoms with E-state index in [-0.39, 0.29) is 17.1 Å². The molecule has 182 valence electrons. The normalized spacial score (nSPS) is 14.2. The van der Waals surface area contributed by atoms with Gasteiger partial charge in [0.2, 0.25) is 5.91 Å². The molecule has 1 amide bonds. The second-order valence-corrected chi connectivity index (χ2v) is 9.48. The van der Waals surface area contributed by atoms with Crippen molar-refractivity contribution >= 4 is 27.7 Å². The van der Waals surface area contributed by atoms with E-state index < -0.39 is 5.82 Å². The number of methoxy groups -OCH3 is 1. The number of nitrogens with one attached hydrogen (secondary N) is 1. The molecular formula is C27H28FN3O4. The highest BCUT2D eigenvalue weighted by atomic mass is 19.1. The van der Waals surface area contributed by atoms with Crippen LogP contribution >= 0.6 is 0 Å². The van der Waals surface area contributed by atoms with Gasteiger partial charge in [-0.15, -0.1) is 0 Å². The first-order valence-corrected chi connectivity index (χ1v) is 11.5. The number of pyridine rings is 1. The molecule has 0 saturated heterocycles. The van der Waals surface area contributed by atoms with Gasteiger partial charge < -0.3 is 24.1 Å². The van der Waals surface area contributed by atoms with Crippen LogP contribution in [0.25, 0.3) is 21.8 Å². The van der Waals surface area contributed by atoms with Gasteiger partial charge in [-0.3, -0.25) is 9.78 Å². The van der Waals surface area contributed by atoms with Gasteiger partial charge in [0, 0.05) is 60.2 Å². The number of hydrogen-bond donors (Lipinski definition) is 1. The minimum absolute atomic E-state index is 0.0975. The maximum atomic E-state index is 15.1. The molecule has 0 unspecified atom stereocenters. The molecule has 0 bridgehead atoms. The summed E-state index contributed by atoms with van der Waals surface area (Å²) in [7, 11) is 5.09. The highest BCUT2D eigenvalue weighted by molar-refractivity contribution is 5.89. The van der Waals surface area contributed by atoms with Crippen LogP contribution in [0.4, 0.5) is 4.39 Å². The second-order valence-electron chi connectivity index (χ2n) is 9.48. The highest BCUT2D eigenvalue weighted by Crippen LogP contribution is 2.50. The molecule has 35 heavy (non-hydrogen) atoms. The van der Waals surface area contributed by atoms with E-state index in [1.165, 1.54) is 0 Å². The molecule has 8 heteroatoms. The van der Waals surface area contributed by atoms with Gasteiger partial charge in [0.25, 0.3) is 0 Å². The first kappa shape index (κ1) is 23.0. The van der Waals surface area contributed by atoms with Crippen LogP contribution in [0.2, 0.25) is 0 Å². The Hall–Kier alpha value is -3.81. The summed E-state index contributed by atoms with van der Waals surface area (Å²) in [6.07, 6.45) is 3.98. The van der Waals surface area contributed by atoms with Crippen molar-refractivity contribution in [3.63, 3.8) is 0 Å². The number of carbonyl (C=O) groups is 1. The molecule has 1 fully saturated rings. The number of aromatic nitrogens is 2. The molecular weight excluding hydrogens is 449 g/mol. The zero-order valence-corrected chi connectivity index (χ0v) is 20.3. The first-order chi connectivity index (χ1) is 16.8. The zero-order valence-electron chi connectivity index (χ0n) is 20.3. The monoisotopic (exact) mass is 477 g/mol. The number of rotatable bonds is 8. The van der Waals surface area contributed by atoms with Gasteiger partial charge in [-0.1, -0.05) is 0 Å². The van der Waals surface area contributed by atoms with E-state index in [4.69, 9.17) is 14.2 Å². The Morgan fingerprint density at radius 3 is 2.60 bits per heavy atom. The molecule has 2 aromatic heterocycles.